The van der Waals surface area contributed by atoms with Gasteiger partial charge in [0.25, 0.3) is 0 Å². The summed E-state index contributed by atoms with van der Waals surface area (Å²) in [6.07, 6.45) is -0.426. The number of amides is 2. The summed E-state index contributed by atoms with van der Waals surface area (Å²) in [5, 5.41) is 15.0. The first kappa shape index (κ1) is 25.8. The summed E-state index contributed by atoms with van der Waals surface area (Å²) in [6, 6.07) is 11.6. The molecule has 11 heteroatoms. The molecule has 0 radical (unpaired) electrons. The van der Waals surface area contributed by atoms with Crippen LogP contribution in [0.5, 0.6) is 0 Å². The molecule has 0 aliphatic carbocycles. The van der Waals surface area contributed by atoms with E-state index in [1.807, 2.05) is 6.07 Å². The molecule has 3 rings (SSSR count). The molecule has 1 unspecified atom stereocenters. The lowest BCUT2D eigenvalue weighted by Crippen LogP contribution is -2.27. The topological polar surface area (TPSA) is 153 Å². The Morgan fingerprint density at radius 1 is 1.14 bits per heavy atom. The summed E-state index contributed by atoms with van der Waals surface area (Å²) in [7, 11) is 2.32. The second-order valence-corrected chi connectivity index (χ2v) is 7.67. The van der Waals surface area contributed by atoms with Crippen LogP contribution in [-0.4, -0.2) is 32.2 Å². The number of methoxy groups -OCH3 is 2. The van der Waals surface area contributed by atoms with Crippen LogP contribution in [0.3, 0.4) is 0 Å². The summed E-state index contributed by atoms with van der Waals surface area (Å²) in [5.74, 6) is -3.49. The van der Waals surface area contributed by atoms with Gasteiger partial charge in [0, 0.05) is 11.4 Å². The quantitative estimate of drug-likeness (QED) is 0.515. The molecule has 0 saturated carbocycles. The molecule has 186 valence electrons. The molecule has 4 N–H and O–H groups in total. The number of allylic oxidation sites excluding steroid dienone is 1. The maximum absolute atomic E-state index is 13.6. The van der Waals surface area contributed by atoms with E-state index in [2.05, 4.69) is 15.4 Å². The van der Waals surface area contributed by atoms with Crippen LogP contribution in [0, 0.1) is 24.1 Å². The van der Waals surface area contributed by atoms with Crippen molar-refractivity contribution in [2.24, 2.45) is 5.73 Å². The number of carbonyl (C=O) groups excluding carboxylic acids is 3. The van der Waals surface area contributed by atoms with Crippen molar-refractivity contribution in [2.75, 3.05) is 24.9 Å². The molecule has 2 amide bonds. The van der Waals surface area contributed by atoms with Crippen LogP contribution < -0.4 is 16.4 Å². The van der Waals surface area contributed by atoms with Gasteiger partial charge in [-0.05, 0) is 42.3 Å². The van der Waals surface area contributed by atoms with Gasteiger partial charge >= 0.3 is 18.0 Å². The minimum Gasteiger partial charge on any atom is -0.469 e. The van der Waals surface area contributed by atoms with Gasteiger partial charge in [0.15, 0.2) is 0 Å². The van der Waals surface area contributed by atoms with Gasteiger partial charge in [0.2, 0.25) is 5.88 Å². The van der Waals surface area contributed by atoms with E-state index in [4.69, 9.17) is 15.2 Å². The molecule has 0 saturated heterocycles. The Bertz CT molecular complexity index is 1330. The summed E-state index contributed by atoms with van der Waals surface area (Å²) < 4.78 is 28.5. The van der Waals surface area contributed by atoms with Gasteiger partial charge < -0.3 is 30.6 Å². The Morgan fingerprint density at radius 2 is 1.89 bits per heavy atom. The van der Waals surface area contributed by atoms with Gasteiger partial charge in [0.05, 0.1) is 25.7 Å². The van der Waals surface area contributed by atoms with E-state index < -0.39 is 36.1 Å². The smallest absolute Gasteiger partial charge is 0.338 e. The minimum atomic E-state index is -1.05. The molecule has 0 spiro atoms. The van der Waals surface area contributed by atoms with Gasteiger partial charge in [0.1, 0.15) is 29.6 Å². The second kappa shape index (κ2) is 11.1. The lowest BCUT2D eigenvalue weighted by molar-refractivity contribution is -0.140. The fraction of sp³-hybridized carbons (Fsp3) is 0.200. The molecule has 2 aromatic rings. The third-order valence-corrected chi connectivity index (χ3v) is 5.36. The van der Waals surface area contributed by atoms with Crippen LogP contribution in [0.4, 0.5) is 20.6 Å². The van der Waals surface area contributed by atoms with Gasteiger partial charge in [-0.3, -0.25) is 4.79 Å². The number of hydrogen-bond acceptors (Lipinski definition) is 8. The van der Waals surface area contributed by atoms with Crippen LogP contribution in [0.2, 0.25) is 0 Å². The van der Waals surface area contributed by atoms with Crippen molar-refractivity contribution >= 4 is 29.3 Å². The standard InChI is InChI=1S/C25H23FN4O6/c1-13-7-8-15(26)10-18(13)30-25(33)29-16-6-4-5-14(9-16)21-17(12-27)23(28)36-19(11-20(31)34-2)22(21)24(32)35-3/h4-10,21H,11,28H2,1-3H3,(H2,29,30,33). The van der Waals surface area contributed by atoms with Crippen molar-refractivity contribution in [3.05, 3.63) is 82.2 Å². The zero-order valence-corrected chi connectivity index (χ0v) is 19.7. The Labute approximate surface area is 206 Å². The van der Waals surface area contributed by atoms with Crippen LogP contribution in [0.25, 0.3) is 0 Å². The lowest BCUT2D eigenvalue weighted by atomic mass is 9.82. The van der Waals surface area contributed by atoms with Crippen molar-refractivity contribution in [2.45, 2.75) is 19.3 Å². The summed E-state index contributed by atoms with van der Waals surface area (Å²) >= 11 is 0. The largest absolute Gasteiger partial charge is 0.469 e. The fourth-order valence-corrected chi connectivity index (χ4v) is 3.63. The van der Waals surface area contributed by atoms with E-state index >= 15 is 0 Å². The molecular formula is C25H23FN4O6. The van der Waals surface area contributed by atoms with Crippen LogP contribution >= 0.6 is 0 Å². The summed E-state index contributed by atoms with van der Waals surface area (Å²) in [5.41, 5.74) is 7.40. The third kappa shape index (κ3) is 5.61. The summed E-state index contributed by atoms with van der Waals surface area (Å²) in [4.78, 5) is 37.2. The first-order chi connectivity index (χ1) is 17.2. The van der Waals surface area contributed by atoms with E-state index in [1.54, 1.807) is 25.1 Å². The number of anilines is 2. The summed E-state index contributed by atoms with van der Waals surface area (Å²) in [6.45, 7) is 1.72. The maximum Gasteiger partial charge on any atom is 0.338 e. The highest BCUT2D eigenvalue weighted by Crippen LogP contribution is 2.41. The number of nitrogens with two attached hydrogens (primary N) is 1. The van der Waals surface area contributed by atoms with Crippen LogP contribution in [-0.2, 0) is 23.8 Å². The number of nitrogens with zero attached hydrogens (tertiary/aromatic N) is 1. The molecule has 2 aromatic carbocycles. The molecule has 36 heavy (non-hydrogen) atoms. The number of rotatable bonds is 6. The van der Waals surface area contributed by atoms with Crippen LogP contribution in [0.15, 0.2) is 65.3 Å². The van der Waals surface area contributed by atoms with E-state index in [-0.39, 0.29) is 22.8 Å². The minimum absolute atomic E-state index is 0.0824. The Kier molecular flexibility index (Phi) is 7.91. The molecule has 1 heterocycles. The number of aryl methyl sites for hydroxylation is 1. The van der Waals surface area contributed by atoms with Crippen molar-refractivity contribution in [3.8, 4) is 6.07 Å². The van der Waals surface area contributed by atoms with E-state index in [0.29, 0.717) is 22.5 Å². The highest BCUT2D eigenvalue weighted by atomic mass is 19.1. The Hall–Kier alpha value is -4.85. The molecule has 0 aromatic heterocycles. The molecule has 0 bridgehead atoms. The average Bonchev–Trinajstić information content (AvgIpc) is 2.85. The normalized spacial score (nSPS) is 14.9. The number of halogens is 1. The zero-order valence-electron chi connectivity index (χ0n) is 19.7. The number of urea groups is 1. The molecule has 10 nitrogen and oxygen atoms in total. The first-order valence-electron chi connectivity index (χ1n) is 10.6. The maximum atomic E-state index is 13.6. The highest BCUT2D eigenvalue weighted by Gasteiger charge is 2.38. The molecular weight excluding hydrogens is 471 g/mol. The average molecular weight is 494 g/mol. The number of benzene rings is 2. The van der Waals surface area contributed by atoms with Crippen LogP contribution in [0.1, 0.15) is 23.5 Å². The fourth-order valence-electron chi connectivity index (χ4n) is 3.63. The van der Waals surface area contributed by atoms with E-state index in [1.165, 1.54) is 31.4 Å². The van der Waals surface area contributed by atoms with Crippen molar-refractivity contribution in [1.82, 2.24) is 0 Å². The monoisotopic (exact) mass is 494 g/mol. The molecule has 1 atom stereocenters. The number of nitrogens with one attached hydrogen (secondary N) is 2. The number of carbonyl (C=O) groups is 3. The Balaban J connectivity index is 1.99. The third-order valence-electron chi connectivity index (χ3n) is 5.36. The first-order valence-corrected chi connectivity index (χ1v) is 10.6. The van der Waals surface area contributed by atoms with Crippen molar-refractivity contribution in [3.63, 3.8) is 0 Å². The predicted octanol–water partition coefficient (Wildman–Crippen LogP) is 3.58. The van der Waals surface area contributed by atoms with E-state index in [9.17, 15) is 24.0 Å². The van der Waals surface area contributed by atoms with Crippen molar-refractivity contribution in [1.29, 1.82) is 5.26 Å². The highest BCUT2D eigenvalue weighted by molar-refractivity contribution is 6.00. The molecule has 1 aliphatic rings. The number of hydrogen-bond donors (Lipinski definition) is 3. The Morgan fingerprint density at radius 3 is 2.56 bits per heavy atom. The van der Waals surface area contributed by atoms with Gasteiger partial charge in [-0.15, -0.1) is 0 Å². The number of esters is 2. The number of ether oxygens (including phenoxy) is 3. The SMILES string of the molecule is COC(=O)CC1=C(C(=O)OC)C(c2cccc(NC(=O)Nc3cc(F)ccc3C)c2)C(C#N)=C(N)O1. The lowest BCUT2D eigenvalue weighted by Gasteiger charge is -2.27. The van der Waals surface area contributed by atoms with Gasteiger partial charge in [-0.25, -0.2) is 14.0 Å². The molecule has 0 fully saturated rings. The van der Waals surface area contributed by atoms with E-state index in [0.717, 1.165) is 7.11 Å². The second-order valence-electron chi connectivity index (χ2n) is 7.67. The van der Waals surface area contributed by atoms with Crippen molar-refractivity contribution < 1.29 is 33.0 Å². The van der Waals surface area contributed by atoms with Gasteiger partial charge in [-0.1, -0.05) is 18.2 Å². The predicted molar refractivity (Wildman–Crippen MR) is 127 cm³/mol. The van der Waals surface area contributed by atoms with Gasteiger partial charge in [-0.2, -0.15) is 5.26 Å². The molecule has 1 aliphatic heterocycles. The number of nitriles is 1. The zero-order chi connectivity index (χ0) is 26.4.